The average Bonchev–Trinajstić information content (AvgIpc) is 2.80. The molecule has 0 radical (unpaired) electrons. The molecule has 0 aliphatic carbocycles. The van der Waals surface area contributed by atoms with Gasteiger partial charge < -0.3 is 0 Å². The second-order valence-electron chi connectivity index (χ2n) is 4.45. The highest BCUT2D eigenvalue weighted by atomic mass is 19.3. The molecule has 0 amide bonds. The zero-order valence-electron chi connectivity index (χ0n) is 10.3. The minimum absolute atomic E-state index is 0.211. The second kappa shape index (κ2) is 4.53. The van der Waals surface area contributed by atoms with Crippen LogP contribution in [0.3, 0.4) is 0 Å². The van der Waals surface area contributed by atoms with Crippen molar-refractivity contribution in [2.45, 2.75) is 12.8 Å². The van der Waals surface area contributed by atoms with E-state index < -0.39 is 6.43 Å². The van der Waals surface area contributed by atoms with Crippen LogP contribution in [0.1, 0.15) is 23.4 Å². The number of hydrogen-bond acceptors (Lipinski definition) is 3. The van der Waals surface area contributed by atoms with E-state index >= 15 is 0 Å². The lowest BCUT2D eigenvalue weighted by Gasteiger charge is -2.10. The number of pyridine rings is 1. The maximum Gasteiger partial charge on any atom is 0.282 e. The number of hydrogen-bond donors (Lipinski definition) is 0. The number of rotatable bonds is 2. The largest absolute Gasteiger partial charge is 0.292 e. The monoisotopic (exact) mass is 262 g/mol. The number of nitrogens with zero attached hydrogens (tertiary/aromatic N) is 4. The Morgan fingerprint density at radius 1 is 1.37 bits per heavy atom. The van der Waals surface area contributed by atoms with Crippen LogP contribution in [-0.2, 0) is 13.5 Å². The molecule has 6 heteroatoms. The molecule has 19 heavy (non-hydrogen) atoms. The molecular formula is C13H12F2N4. The summed E-state index contributed by atoms with van der Waals surface area (Å²) in [6.45, 7) is 0.731. The molecule has 0 saturated heterocycles. The van der Waals surface area contributed by atoms with Gasteiger partial charge in [-0.3, -0.25) is 14.7 Å². The molecule has 3 rings (SSSR count). The Hall–Kier alpha value is -2.11. The smallest absolute Gasteiger partial charge is 0.282 e. The highest BCUT2D eigenvalue weighted by molar-refractivity contribution is 5.84. The van der Waals surface area contributed by atoms with Gasteiger partial charge in [0.05, 0.1) is 5.69 Å². The first-order valence-corrected chi connectivity index (χ1v) is 5.96. The van der Waals surface area contributed by atoms with Gasteiger partial charge in [-0.1, -0.05) is 0 Å². The number of alkyl halides is 2. The number of aryl methyl sites for hydroxylation is 1. The van der Waals surface area contributed by atoms with Crippen LogP contribution >= 0.6 is 0 Å². The Balaban J connectivity index is 2.10. The summed E-state index contributed by atoms with van der Waals surface area (Å²) >= 11 is 0. The lowest BCUT2D eigenvalue weighted by Crippen LogP contribution is -2.05. The molecule has 1 aliphatic rings. The maximum absolute atomic E-state index is 12.9. The first kappa shape index (κ1) is 12.0. The summed E-state index contributed by atoms with van der Waals surface area (Å²) in [4.78, 5) is 8.51. The summed E-state index contributed by atoms with van der Waals surface area (Å²) in [5.74, 6) is 0. The lowest BCUT2D eigenvalue weighted by molar-refractivity contribution is 0.146. The molecule has 0 aromatic carbocycles. The normalized spacial score (nSPS) is 13.9. The van der Waals surface area contributed by atoms with Crippen LogP contribution in [-0.4, -0.2) is 27.5 Å². The first-order valence-electron chi connectivity index (χ1n) is 5.96. The maximum atomic E-state index is 12.9. The Kier molecular flexibility index (Phi) is 2.85. The summed E-state index contributed by atoms with van der Waals surface area (Å²) in [6.07, 6.45) is 3.15. The fraction of sp³-hybridized carbons (Fsp3) is 0.308. The van der Waals surface area contributed by atoms with E-state index in [1.807, 2.05) is 6.07 Å². The van der Waals surface area contributed by atoms with Gasteiger partial charge in [0.15, 0.2) is 0 Å². The van der Waals surface area contributed by atoms with Gasteiger partial charge in [-0.05, 0) is 6.07 Å². The molecule has 0 fully saturated rings. The quantitative estimate of drug-likeness (QED) is 0.834. The fourth-order valence-corrected chi connectivity index (χ4v) is 2.20. The topological polar surface area (TPSA) is 43.1 Å². The van der Waals surface area contributed by atoms with Crippen LogP contribution in [0, 0.1) is 0 Å². The van der Waals surface area contributed by atoms with Gasteiger partial charge >= 0.3 is 0 Å². The van der Waals surface area contributed by atoms with Crippen molar-refractivity contribution in [3.8, 4) is 11.1 Å². The number of aromatic nitrogens is 3. The Bertz CT molecular complexity index is 646. The van der Waals surface area contributed by atoms with Crippen molar-refractivity contribution in [3.05, 3.63) is 35.4 Å². The van der Waals surface area contributed by atoms with Gasteiger partial charge in [0.25, 0.3) is 6.43 Å². The van der Waals surface area contributed by atoms with Crippen LogP contribution < -0.4 is 0 Å². The van der Waals surface area contributed by atoms with Gasteiger partial charge in [0, 0.05) is 55.3 Å². The van der Waals surface area contributed by atoms with Gasteiger partial charge in [0.2, 0.25) is 0 Å². The van der Waals surface area contributed by atoms with Crippen LogP contribution in [0.25, 0.3) is 11.1 Å². The lowest BCUT2D eigenvalue weighted by atomic mass is 10.0. The molecule has 0 atom stereocenters. The summed E-state index contributed by atoms with van der Waals surface area (Å²) in [5.41, 5.74) is 2.72. The first-order chi connectivity index (χ1) is 9.15. The van der Waals surface area contributed by atoms with E-state index in [2.05, 4.69) is 15.1 Å². The van der Waals surface area contributed by atoms with Gasteiger partial charge in [-0.2, -0.15) is 5.10 Å². The van der Waals surface area contributed by atoms with Crippen molar-refractivity contribution in [3.63, 3.8) is 0 Å². The van der Waals surface area contributed by atoms with E-state index in [0.29, 0.717) is 11.1 Å². The van der Waals surface area contributed by atoms with E-state index in [1.165, 1.54) is 4.68 Å². The van der Waals surface area contributed by atoms with Crippen LogP contribution in [0.15, 0.2) is 23.5 Å². The number of halogens is 2. The minimum atomic E-state index is -2.60. The molecule has 0 bridgehead atoms. The summed E-state index contributed by atoms with van der Waals surface area (Å²) in [6, 6.07) is 1.84. The Labute approximate surface area is 108 Å². The van der Waals surface area contributed by atoms with E-state index in [9.17, 15) is 8.78 Å². The van der Waals surface area contributed by atoms with Crippen molar-refractivity contribution in [1.29, 1.82) is 0 Å². The van der Waals surface area contributed by atoms with Crippen molar-refractivity contribution in [1.82, 2.24) is 14.8 Å². The van der Waals surface area contributed by atoms with E-state index in [1.54, 1.807) is 25.7 Å². The van der Waals surface area contributed by atoms with Gasteiger partial charge in [0.1, 0.15) is 5.69 Å². The van der Waals surface area contributed by atoms with Crippen molar-refractivity contribution >= 4 is 6.21 Å². The third-order valence-electron chi connectivity index (χ3n) is 3.09. The molecule has 98 valence electrons. The summed E-state index contributed by atoms with van der Waals surface area (Å²) in [7, 11) is 1.63. The highest BCUT2D eigenvalue weighted by Crippen LogP contribution is 2.30. The third-order valence-corrected chi connectivity index (χ3v) is 3.09. The van der Waals surface area contributed by atoms with E-state index in [-0.39, 0.29) is 5.69 Å². The van der Waals surface area contributed by atoms with Crippen LogP contribution in [0.5, 0.6) is 0 Å². The zero-order valence-corrected chi connectivity index (χ0v) is 10.3. The van der Waals surface area contributed by atoms with Crippen molar-refractivity contribution in [2.75, 3.05) is 6.54 Å². The molecule has 1 aliphatic heterocycles. The molecule has 2 aromatic heterocycles. The van der Waals surface area contributed by atoms with Crippen LogP contribution in [0.4, 0.5) is 8.78 Å². The molecule has 0 saturated carbocycles. The van der Waals surface area contributed by atoms with Crippen LogP contribution in [0.2, 0.25) is 0 Å². The van der Waals surface area contributed by atoms with Crippen molar-refractivity contribution in [2.24, 2.45) is 12.0 Å². The SMILES string of the molecule is Cn1cc(-c2cnc3c(c2)C=NCC3)c(C(F)F)n1. The number of fused-ring (bicyclic) bond motifs is 1. The fourth-order valence-electron chi connectivity index (χ4n) is 2.20. The van der Waals surface area contributed by atoms with E-state index in [0.717, 1.165) is 24.2 Å². The van der Waals surface area contributed by atoms with Gasteiger partial charge in [-0.15, -0.1) is 0 Å². The molecule has 0 N–H and O–H groups in total. The molecule has 0 spiro atoms. The summed E-state index contributed by atoms with van der Waals surface area (Å²) in [5, 5.41) is 3.80. The molecule has 2 aromatic rings. The predicted molar refractivity (Wildman–Crippen MR) is 67.6 cm³/mol. The molecule has 0 unspecified atom stereocenters. The predicted octanol–water partition coefficient (Wildman–Crippen LogP) is 2.39. The standard InChI is InChI=1S/C13H12F2N4/c1-19-7-10(12(18-19)13(14)15)8-4-9-5-16-3-2-11(9)17-6-8/h4-7,13H,2-3H2,1H3. The highest BCUT2D eigenvalue weighted by Gasteiger charge is 2.20. The average molecular weight is 262 g/mol. The van der Waals surface area contributed by atoms with Gasteiger partial charge in [-0.25, -0.2) is 8.78 Å². The molecule has 4 nitrogen and oxygen atoms in total. The Morgan fingerprint density at radius 2 is 2.21 bits per heavy atom. The third kappa shape index (κ3) is 2.14. The Morgan fingerprint density at radius 3 is 3.00 bits per heavy atom. The molecular weight excluding hydrogens is 250 g/mol. The molecule has 3 heterocycles. The van der Waals surface area contributed by atoms with E-state index in [4.69, 9.17) is 0 Å². The zero-order chi connectivity index (χ0) is 13.4. The summed E-state index contributed by atoms with van der Waals surface area (Å²) < 4.78 is 27.3. The minimum Gasteiger partial charge on any atom is -0.292 e. The second-order valence-corrected chi connectivity index (χ2v) is 4.45. The van der Waals surface area contributed by atoms with Crippen molar-refractivity contribution < 1.29 is 8.78 Å². The number of aliphatic imine (C=N–C) groups is 1.